The molecule has 2 rings (SSSR count). The summed E-state index contributed by atoms with van der Waals surface area (Å²) in [4.78, 5) is 37.6. The molecule has 116 valence electrons. The number of rotatable bonds is 3. The Labute approximate surface area is 128 Å². The predicted octanol–water partition coefficient (Wildman–Crippen LogP) is 1.32. The monoisotopic (exact) mass is 303 g/mol. The van der Waals surface area contributed by atoms with Crippen LogP contribution >= 0.6 is 0 Å². The van der Waals surface area contributed by atoms with E-state index in [1.807, 2.05) is 0 Å². The van der Waals surface area contributed by atoms with Crippen molar-refractivity contribution in [3.63, 3.8) is 0 Å². The average molecular weight is 303 g/mol. The standard InChI is InChI=1S/C16H17NO5/c1-4-22-14(20)12(18)11-13(19)17(3)15(21)16(11,2)10-8-6-5-7-9-10/h5-9,18H,4H2,1-3H3/b12-11-/t16-/m0/s1. The van der Waals surface area contributed by atoms with Gasteiger partial charge in [0.2, 0.25) is 11.7 Å². The van der Waals surface area contributed by atoms with Gasteiger partial charge in [0.05, 0.1) is 12.2 Å². The molecule has 0 bridgehead atoms. The lowest BCUT2D eigenvalue weighted by atomic mass is 9.76. The van der Waals surface area contributed by atoms with Crippen LogP contribution in [0.2, 0.25) is 0 Å². The molecule has 0 aliphatic carbocycles. The van der Waals surface area contributed by atoms with E-state index in [0.717, 1.165) is 4.90 Å². The van der Waals surface area contributed by atoms with Gasteiger partial charge in [-0.15, -0.1) is 0 Å². The Morgan fingerprint density at radius 1 is 1.27 bits per heavy atom. The van der Waals surface area contributed by atoms with Gasteiger partial charge in [-0.25, -0.2) is 4.79 Å². The normalized spacial score (nSPS) is 23.7. The van der Waals surface area contributed by atoms with Crippen LogP contribution < -0.4 is 0 Å². The first kappa shape index (κ1) is 15.8. The van der Waals surface area contributed by atoms with Gasteiger partial charge in [-0.3, -0.25) is 14.5 Å². The van der Waals surface area contributed by atoms with Crippen LogP contribution in [0.5, 0.6) is 0 Å². The van der Waals surface area contributed by atoms with E-state index in [2.05, 4.69) is 0 Å². The highest BCUT2D eigenvalue weighted by molar-refractivity contribution is 6.21. The number of nitrogens with zero attached hydrogens (tertiary/aromatic N) is 1. The highest BCUT2D eigenvalue weighted by Crippen LogP contribution is 2.41. The molecular weight excluding hydrogens is 286 g/mol. The molecule has 1 atom stereocenters. The first-order valence-corrected chi connectivity index (χ1v) is 6.84. The summed E-state index contributed by atoms with van der Waals surface area (Å²) >= 11 is 0. The van der Waals surface area contributed by atoms with Crippen molar-refractivity contribution in [3.8, 4) is 0 Å². The van der Waals surface area contributed by atoms with E-state index >= 15 is 0 Å². The van der Waals surface area contributed by atoms with E-state index in [1.54, 1.807) is 37.3 Å². The van der Waals surface area contributed by atoms with E-state index in [4.69, 9.17) is 4.74 Å². The molecule has 0 radical (unpaired) electrons. The van der Waals surface area contributed by atoms with Crippen molar-refractivity contribution in [2.75, 3.05) is 13.7 Å². The lowest BCUT2D eigenvalue weighted by Crippen LogP contribution is -2.35. The summed E-state index contributed by atoms with van der Waals surface area (Å²) in [5, 5.41) is 10.2. The number of likely N-dealkylation sites (tertiary alicyclic amines) is 1. The lowest BCUT2D eigenvalue weighted by Gasteiger charge is -2.23. The molecule has 6 nitrogen and oxygen atoms in total. The molecule has 1 N–H and O–H groups in total. The third kappa shape index (κ3) is 2.16. The largest absolute Gasteiger partial charge is 0.501 e. The molecule has 1 saturated heterocycles. The second-order valence-corrected chi connectivity index (χ2v) is 5.10. The molecule has 0 spiro atoms. The van der Waals surface area contributed by atoms with Gasteiger partial charge < -0.3 is 9.84 Å². The first-order chi connectivity index (χ1) is 10.4. The number of hydrogen-bond donors (Lipinski definition) is 1. The van der Waals surface area contributed by atoms with Crippen LogP contribution in [-0.4, -0.2) is 41.4 Å². The number of carbonyl (C=O) groups excluding carboxylic acids is 3. The smallest absolute Gasteiger partial charge is 0.373 e. The minimum atomic E-state index is -1.43. The molecule has 1 aliphatic heterocycles. The fourth-order valence-electron chi connectivity index (χ4n) is 2.60. The topological polar surface area (TPSA) is 83.9 Å². The number of aliphatic hydroxyl groups is 1. The number of hydrogen-bond acceptors (Lipinski definition) is 5. The minimum absolute atomic E-state index is 0.0518. The van der Waals surface area contributed by atoms with Crippen LogP contribution in [0.25, 0.3) is 0 Å². The summed E-state index contributed by atoms with van der Waals surface area (Å²) in [6.45, 7) is 3.15. The lowest BCUT2D eigenvalue weighted by molar-refractivity contribution is -0.142. The third-order valence-corrected chi connectivity index (χ3v) is 3.81. The Balaban J connectivity index is 2.68. The van der Waals surface area contributed by atoms with Crippen LogP contribution in [0.15, 0.2) is 41.7 Å². The van der Waals surface area contributed by atoms with Crippen LogP contribution in [0.4, 0.5) is 0 Å². The number of ether oxygens (including phenoxy) is 1. The fourth-order valence-corrected chi connectivity index (χ4v) is 2.60. The minimum Gasteiger partial charge on any atom is -0.501 e. The van der Waals surface area contributed by atoms with Gasteiger partial charge in [-0.1, -0.05) is 30.3 Å². The summed E-state index contributed by atoms with van der Waals surface area (Å²) in [6.07, 6.45) is 0. The van der Waals surface area contributed by atoms with E-state index in [-0.39, 0.29) is 12.2 Å². The Morgan fingerprint density at radius 2 is 1.86 bits per heavy atom. The number of amides is 2. The highest BCUT2D eigenvalue weighted by Gasteiger charge is 2.55. The Kier molecular flexibility index (Phi) is 4.03. The zero-order chi connectivity index (χ0) is 16.5. The molecule has 1 heterocycles. The van der Waals surface area contributed by atoms with Crippen LogP contribution in [0, 0.1) is 0 Å². The summed E-state index contributed by atoms with van der Waals surface area (Å²) in [6, 6.07) is 8.54. The van der Waals surface area contributed by atoms with Crippen LogP contribution in [0.3, 0.4) is 0 Å². The maximum Gasteiger partial charge on any atom is 0.373 e. The summed E-state index contributed by atoms with van der Waals surface area (Å²) < 4.78 is 4.74. The zero-order valence-corrected chi connectivity index (χ0v) is 12.6. The summed E-state index contributed by atoms with van der Waals surface area (Å²) in [5.41, 5.74) is -1.17. The average Bonchev–Trinajstić information content (AvgIpc) is 2.70. The molecule has 22 heavy (non-hydrogen) atoms. The molecule has 2 amide bonds. The van der Waals surface area contributed by atoms with E-state index < -0.39 is 29.0 Å². The number of likely N-dealkylation sites (N-methyl/N-ethyl adjacent to an activating group) is 1. The quantitative estimate of drug-likeness (QED) is 0.394. The van der Waals surface area contributed by atoms with Gasteiger partial charge in [0.25, 0.3) is 5.91 Å². The molecule has 1 fully saturated rings. The predicted molar refractivity (Wildman–Crippen MR) is 77.9 cm³/mol. The van der Waals surface area contributed by atoms with E-state index in [1.165, 1.54) is 14.0 Å². The van der Waals surface area contributed by atoms with E-state index in [0.29, 0.717) is 5.56 Å². The van der Waals surface area contributed by atoms with Crippen LogP contribution in [0.1, 0.15) is 19.4 Å². The Bertz CT molecular complexity index is 664. The second kappa shape index (κ2) is 5.63. The van der Waals surface area contributed by atoms with Crippen molar-refractivity contribution in [2.45, 2.75) is 19.3 Å². The molecule has 1 aromatic carbocycles. The maximum atomic E-state index is 12.5. The number of esters is 1. The van der Waals surface area contributed by atoms with Gasteiger partial charge in [-0.2, -0.15) is 0 Å². The number of carbonyl (C=O) groups is 3. The molecule has 0 aromatic heterocycles. The van der Waals surface area contributed by atoms with Gasteiger partial charge in [0, 0.05) is 7.05 Å². The highest BCUT2D eigenvalue weighted by atomic mass is 16.5. The number of aliphatic hydroxyl groups excluding tert-OH is 1. The number of imide groups is 1. The second-order valence-electron chi connectivity index (χ2n) is 5.10. The molecule has 6 heteroatoms. The van der Waals surface area contributed by atoms with Gasteiger partial charge in [0.15, 0.2) is 0 Å². The van der Waals surface area contributed by atoms with Crippen molar-refractivity contribution >= 4 is 17.8 Å². The number of benzene rings is 1. The van der Waals surface area contributed by atoms with Gasteiger partial charge in [-0.05, 0) is 19.4 Å². The molecule has 0 unspecified atom stereocenters. The summed E-state index contributed by atoms with van der Waals surface area (Å²) in [7, 11) is 1.32. The van der Waals surface area contributed by atoms with Crippen LogP contribution in [-0.2, 0) is 24.5 Å². The van der Waals surface area contributed by atoms with Crippen molar-refractivity contribution in [1.29, 1.82) is 0 Å². The van der Waals surface area contributed by atoms with E-state index in [9.17, 15) is 19.5 Å². The fraction of sp³-hybridized carbons (Fsp3) is 0.312. The van der Waals surface area contributed by atoms with Crippen molar-refractivity contribution in [2.24, 2.45) is 0 Å². The molecule has 0 saturated carbocycles. The van der Waals surface area contributed by atoms with Gasteiger partial charge in [0.1, 0.15) is 5.41 Å². The van der Waals surface area contributed by atoms with Gasteiger partial charge >= 0.3 is 5.97 Å². The Morgan fingerprint density at radius 3 is 2.41 bits per heavy atom. The zero-order valence-electron chi connectivity index (χ0n) is 12.6. The SMILES string of the molecule is CCOC(=O)/C(O)=C1\C(=O)N(C)C(=O)[C@@]1(C)c1ccccc1. The molecule has 1 aromatic rings. The third-order valence-electron chi connectivity index (χ3n) is 3.81. The van der Waals surface area contributed by atoms with Crippen molar-refractivity contribution in [3.05, 3.63) is 47.2 Å². The molecular formula is C16H17NO5. The Hall–Kier alpha value is -2.63. The first-order valence-electron chi connectivity index (χ1n) is 6.84. The molecule has 1 aliphatic rings. The van der Waals surface area contributed by atoms with Crippen molar-refractivity contribution in [1.82, 2.24) is 4.90 Å². The van der Waals surface area contributed by atoms with Crippen molar-refractivity contribution < 1.29 is 24.2 Å². The summed E-state index contributed by atoms with van der Waals surface area (Å²) in [5.74, 6) is -3.05. The maximum absolute atomic E-state index is 12.5.